The second-order valence-corrected chi connectivity index (χ2v) is 4.10. The van der Waals surface area contributed by atoms with Gasteiger partial charge in [-0.1, -0.05) is 0 Å². The summed E-state index contributed by atoms with van der Waals surface area (Å²) in [5, 5.41) is 8.69. The van der Waals surface area contributed by atoms with Crippen LogP contribution in [0.25, 0.3) is 0 Å². The molecular weight excluding hydrogens is 262 g/mol. The molecule has 0 unspecified atom stereocenters. The van der Waals surface area contributed by atoms with Crippen molar-refractivity contribution in [1.29, 1.82) is 0 Å². The molecule has 0 aliphatic heterocycles. The van der Waals surface area contributed by atoms with Crippen molar-refractivity contribution >= 4 is 11.9 Å². The molecule has 1 N–H and O–H groups in total. The van der Waals surface area contributed by atoms with Gasteiger partial charge in [0.25, 0.3) is 5.91 Å². The maximum Gasteiger partial charge on any atom is 0.305 e. The largest absolute Gasteiger partial charge is 0.493 e. The topological polar surface area (TPSA) is 76.1 Å². The highest BCUT2D eigenvalue weighted by Crippen LogP contribution is 2.28. The summed E-state index contributed by atoms with van der Waals surface area (Å²) in [7, 11) is 3.01. The first-order valence-electron chi connectivity index (χ1n) is 6.26. The predicted molar refractivity (Wildman–Crippen MR) is 73.4 cm³/mol. The van der Waals surface area contributed by atoms with Crippen molar-refractivity contribution in [1.82, 2.24) is 4.90 Å². The summed E-state index contributed by atoms with van der Waals surface area (Å²) >= 11 is 0. The normalized spacial score (nSPS) is 9.95. The van der Waals surface area contributed by atoms with Gasteiger partial charge in [0.15, 0.2) is 11.5 Å². The highest BCUT2D eigenvalue weighted by atomic mass is 16.5. The summed E-state index contributed by atoms with van der Waals surface area (Å²) < 4.78 is 10.3. The number of carboxylic acids is 1. The minimum atomic E-state index is -0.927. The van der Waals surface area contributed by atoms with Gasteiger partial charge in [0, 0.05) is 18.7 Å². The fourth-order valence-corrected chi connectivity index (χ4v) is 1.79. The van der Waals surface area contributed by atoms with E-state index in [2.05, 4.69) is 0 Å². The Labute approximate surface area is 117 Å². The molecule has 0 bridgehead atoms. The molecule has 0 saturated carbocycles. The third-order valence-electron chi connectivity index (χ3n) is 2.90. The van der Waals surface area contributed by atoms with Crippen LogP contribution >= 0.6 is 0 Å². The zero-order chi connectivity index (χ0) is 15.1. The van der Waals surface area contributed by atoms with Gasteiger partial charge in [-0.15, -0.1) is 0 Å². The van der Waals surface area contributed by atoms with Crippen LogP contribution in [0.5, 0.6) is 11.5 Å². The number of nitrogens with zero attached hydrogens (tertiary/aromatic N) is 1. The molecule has 0 spiro atoms. The van der Waals surface area contributed by atoms with Gasteiger partial charge in [0.05, 0.1) is 20.6 Å². The first-order valence-corrected chi connectivity index (χ1v) is 6.26. The number of carboxylic acid groups (broad SMARTS) is 1. The molecule has 1 rings (SSSR count). The van der Waals surface area contributed by atoms with Gasteiger partial charge in [-0.25, -0.2) is 0 Å². The highest BCUT2D eigenvalue weighted by molar-refractivity contribution is 5.95. The average molecular weight is 281 g/mol. The van der Waals surface area contributed by atoms with Crippen molar-refractivity contribution in [2.24, 2.45) is 0 Å². The van der Waals surface area contributed by atoms with E-state index in [1.165, 1.54) is 19.1 Å². The number of carbonyl (C=O) groups is 2. The molecule has 0 atom stereocenters. The van der Waals surface area contributed by atoms with Crippen LogP contribution in [0.2, 0.25) is 0 Å². The van der Waals surface area contributed by atoms with Gasteiger partial charge in [-0.3, -0.25) is 9.59 Å². The van der Waals surface area contributed by atoms with Gasteiger partial charge in [-0.05, 0) is 25.1 Å². The van der Waals surface area contributed by atoms with E-state index >= 15 is 0 Å². The van der Waals surface area contributed by atoms with Crippen LogP contribution in [-0.4, -0.2) is 49.2 Å². The number of carbonyl (C=O) groups excluding carboxylic acids is 1. The molecular formula is C14H19NO5. The van der Waals surface area contributed by atoms with Crippen LogP contribution in [0.1, 0.15) is 23.7 Å². The molecule has 0 aliphatic rings. The fraction of sp³-hybridized carbons (Fsp3) is 0.429. The molecule has 0 fully saturated rings. The Hall–Kier alpha value is -2.24. The molecule has 110 valence electrons. The summed E-state index contributed by atoms with van der Waals surface area (Å²) in [6.45, 7) is 2.43. The quantitative estimate of drug-likeness (QED) is 0.822. The Kier molecular flexibility index (Phi) is 5.83. The maximum atomic E-state index is 12.3. The monoisotopic (exact) mass is 281 g/mol. The lowest BCUT2D eigenvalue weighted by Crippen LogP contribution is -2.32. The zero-order valence-electron chi connectivity index (χ0n) is 11.9. The van der Waals surface area contributed by atoms with E-state index in [-0.39, 0.29) is 18.9 Å². The molecule has 1 amide bonds. The number of ether oxygens (including phenoxy) is 2. The van der Waals surface area contributed by atoms with Crippen molar-refractivity contribution in [3.05, 3.63) is 23.8 Å². The van der Waals surface area contributed by atoms with Gasteiger partial charge < -0.3 is 19.5 Å². The van der Waals surface area contributed by atoms with Crippen LogP contribution in [-0.2, 0) is 4.79 Å². The first kappa shape index (κ1) is 15.8. The number of aliphatic carboxylic acids is 1. The van der Waals surface area contributed by atoms with E-state index in [0.717, 1.165) is 0 Å². The minimum Gasteiger partial charge on any atom is -0.493 e. The Morgan fingerprint density at radius 1 is 1.20 bits per heavy atom. The lowest BCUT2D eigenvalue weighted by molar-refractivity contribution is -0.137. The third kappa shape index (κ3) is 3.88. The van der Waals surface area contributed by atoms with E-state index in [0.29, 0.717) is 23.6 Å². The average Bonchev–Trinajstić information content (AvgIpc) is 2.46. The first-order chi connectivity index (χ1) is 9.53. The van der Waals surface area contributed by atoms with E-state index < -0.39 is 5.97 Å². The SMILES string of the molecule is CCN(CCC(=O)O)C(=O)c1ccc(OC)c(OC)c1. The number of rotatable bonds is 7. The van der Waals surface area contributed by atoms with Gasteiger partial charge >= 0.3 is 5.97 Å². The fourth-order valence-electron chi connectivity index (χ4n) is 1.79. The second-order valence-electron chi connectivity index (χ2n) is 4.10. The second kappa shape index (κ2) is 7.37. The summed E-state index contributed by atoms with van der Waals surface area (Å²) in [6.07, 6.45) is -0.0765. The van der Waals surface area contributed by atoms with E-state index in [1.807, 2.05) is 0 Å². The number of methoxy groups -OCH3 is 2. The van der Waals surface area contributed by atoms with Crippen molar-refractivity contribution < 1.29 is 24.2 Å². The van der Waals surface area contributed by atoms with Gasteiger partial charge in [-0.2, -0.15) is 0 Å². The number of hydrogen-bond donors (Lipinski definition) is 1. The third-order valence-corrected chi connectivity index (χ3v) is 2.90. The van der Waals surface area contributed by atoms with Crippen molar-refractivity contribution in [2.75, 3.05) is 27.3 Å². The summed E-state index contributed by atoms with van der Waals surface area (Å²) in [6, 6.07) is 4.87. The number of benzene rings is 1. The summed E-state index contributed by atoms with van der Waals surface area (Å²) in [5.74, 6) is -0.150. The van der Waals surface area contributed by atoms with E-state index in [4.69, 9.17) is 14.6 Å². The smallest absolute Gasteiger partial charge is 0.305 e. The molecule has 0 saturated heterocycles. The molecule has 1 aromatic carbocycles. The molecule has 1 aromatic rings. The maximum absolute atomic E-state index is 12.3. The molecule has 6 nitrogen and oxygen atoms in total. The lowest BCUT2D eigenvalue weighted by Gasteiger charge is -2.20. The number of hydrogen-bond acceptors (Lipinski definition) is 4. The van der Waals surface area contributed by atoms with Crippen LogP contribution in [0.3, 0.4) is 0 Å². The molecule has 6 heteroatoms. The van der Waals surface area contributed by atoms with E-state index in [1.54, 1.807) is 25.1 Å². The minimum absolute atomic E-state index is 0.0765. The molecule has 20 heavy (non-hydrogen) atoms. The summed E-state index contributed by atoms with van der Waals surface area (Å²) in [4.78, 5) is 24.4. The predicted octanol–water partition coefficient (Wildman–Crippen LogP) is 1.64. The molecule has 0 aromatic heterocycles. The van der Waals surface area contributed by atoms with Crippen molar-refractivity contribution in [2.45, 2.75) is 13.3 Å². The Balaban J connectivity index is 2.91. The molecule has 0 heterocycles. The Bertz CT molecular complexity index is 486. The molecule has 0 radical (unpaired) electrons. The summed E-state index contributed by atoms with van der Waals surface area (Å²) in [5.41, 5.74) is 0.440. The van der Waals surface area contributed by atoms with E-state index in [9.17, 15) is 9.59 Å². The van der Waals surface area contributed by atoms with Crippen LogP contribution in [0.15, 0.2) is 18.2 Å². The standard InChI is InChI=1S/C14H19NO5/c1-4-15(8-7-13(16)17)14(18)10-5-6-11(19-2)12(9-10)20-3/h5-6,9H,4,7-8H2,1-3H3,(H,16,17). The van der Waals surface area contributed by atoms with Gasteiger partial charge in [0.1, 0.15) is 0 Å². The molecule has 0 aliphatic carbocycles. The van der Waals surface area contributed by atoms with Crippen LogP contribution in [0, 0.1) is 0 Å². The van der Waals surface area contributed by atoms with Crippen LogP contribution in [0.4, 0.5) is 0 Å². The van der Waals surface area contributed by atoms with Crippen LogP contribution < -0.4 is 9.47 Å². The number of amides is 1. The van der Waals surface area contributed by atoms with Crippen molar-refractivity contribution in [3.8, 4) is 11.5 Å². The van der Waals surface area contributed by atoms with Gasteiger partial charge in [0.2, 0.25) is 0 Å². The lowest BCUT2D eigenvalue weighted by atomic mass is 10.1. The Morgan fingerprint density at radius 3 is 2.35 bits per heavy atom. The zero-order valence-corrected chi connectivity index (χ0v) is 11.9. The van der Waals surface area contributed by atoms with Crippen molar-refractivity contribution in [3.63, 3.8) is 0 Å². The Morgan fingerprint density at radius 2 is 1.85 bits per heavy atom. The highest BCUT2D eigenvalue weighted by Gasteiger charge is 2.17.